The van der Waals surface area contributed by atoms with Crippen molar-refractivity contribution >= 4 is 62.6 Å². The first kappa shape index (κ1) is 27.6. The minimum atomic E-state index is -0.705. The standard InChI is InChI=1S/C34H24BrClN2O5/c1-17-14-24(35)25(36)15-26(17)37-27(39)16-43-34(42)18-10-12-19(13-11-18)38-32(40)30-28-20-6-2-3-7-21(20)29(31(30)33(38)41)23-9-5-4-8-22(23)28/h2-15,28-31H,16H2,1H3,(H,37,39)/t28?,29?,30-,31-/m0/s1. The Hall–Kier alpha value is -4.27. The summed E-state index contributed by atoms with van der Waals surface area (Å²) in [6.07, 6.45) is 0. The van der Waals surface area contributed by atoms with Crippen LogP contribution in [0.1, 0.15) is 50.0 Å². The summed E-state index contributed by atoms with van der Waals surface area (Å²) in [6, 6.07) is 25.7. The van der Waals surface area contributed by atoms with Gasteiger partial charge in [0.15, 0.2) is 6.61 Å². The highest BCUT2D eigenvalue weighted by Crippen LogP contribution is 2.61. The summed E-state index contributed by atoms with van der Waals surface area (Å²) >= 11 is 9.46. The van der Waals surface area contributed by atoms with Gasteiger partial charge in [-0.05, 0) is 87.1 Å². The highest BCUT2D eigenvalue weighted by molar-refractivity contribution is 9.10. The van der Waals surface area contributed by atoms with E-state index in [1.54, 1.807) is 24.3 Å². The van der Waals surface area contributed by atoms with Crippen LogP contribution in [0, 0.1) is 18.8 Å². The number of ether oxygens (including phenoxy) is 1. The van der Waals surface area contributed by atoms with E-state index in [-0.39, 0.29) is 29.2 Å². The van der Waals surface area contributed by atoms with Crippen LogP contribution >= 0.6 is 27.5 Å². The smallest absolute Gasteiger partial charge is 0.338 e. The summed E-state index contributed by atoms with van der Waals surface area (Å²) < 4.78 is 5.91. The third-order valence-corrected chi connectivity index (χ3v) is 9.88. The first-order chi connectivity index (χ1) is 20.7. The van der Waals surface area contributed by atoms with Crippen LogP contribution < -0.4 is 10.2 Å². The topological polar surface area (TPSA) is 92.8 Å². The zero-order chi connectivity index (χ0) is 30.0. The van der Waals surface area contributed by atoms with Crippen molar-refractivity contribution in [2.75, 3.05) is 16.8 Å². The maximum atomic E-state index is 13.9. The fraction of sp³-hybridized carbons (Fsp3) is 0.176. The van der Waals surface area contributed by atoms with E-state index in [0.717, 1.165) is 27.8 Å². The van der Waals surface area contributed by atoms with E-state index < -0.39 is 30.3 Å². The number of amides is 3. The molecule has 4 aromatic carbocycles. The number of hydrogen-bond donors (Lipinski definition) is 1. The van der Waals surface area contributed by atoms with Gasteiger partial charge >= 0.3 is 5.97 Å². The van der Waals surface area contributed by atoms with Gasteiger partial charge in [-0.3, -0.25) is 14.4 Å². The van der Waals surface area contributed by atoms with Gasteiger partial charge < -0.3 is 10.1 Å². The molecule has 0 unspecified atom stereocenters. The van der Waals surface area contributed by atoms with E-state index in [4.69, 9.17) is 16.3 Å². The van der Waals surface area contributed by atoms with Gasteiger partial charge in [-0.25, -0.2) is 9.69 Å². The second kappa shape index (κ2) is 10.5. The molecule has 0 spiro atoms. The second-order valence-electron chi connectivity index (χ2n) is 11.0. The molecule has 1 fully saturated rings. The molecule has 4 aliphatic rings. The van der Waals surface area contributed by atoms with Gasteiger partial charge in [0.05, 0.1) is 28.1 Å². The van der Waals surface area contributed by atoms with Crippen molar-refractivity contribution in [2.45, 2.75) is 18.8 Å². The minimum Gasteiger partial charge on any atom is -0.452 e. The monoisotopic (exact) mass is 654 g/mol. The maximum absolute atomic E-state index is 13.9. The molecule has 1 N–H and O–H groups in total. The van der Waals surface area contributed by atoms with Crippen molar-refractivity contribution in [3.63, 3.8) is 0 Å². The van der Waals surface area contributed by atoms with Gasteiger partial charge in [0.2, 0.25) is 11.8 Å². The van der Waals surface area contributed by atoms with E-state index in [9.17, 15) is 19.2 Å². The molecular weight excluding hydrogens is 632 g/mol. The molecule has 2 atom stereocenters. The van der Waals surface area contributed by atoms with Crippen LogP contribution in [-0.4, -0.2) is 30.3 Å². The summed E-state index contributed by atoms with van der Waals surface area (Å²) in [5.41, 5.74) is 6.32. The SMILES string of the molecule is Cc1cc(Br)c(Cl)cc1NC(=O)COC(=O)c1ccc(N2C(=O)[C@H]3C4c5ccccc5C(c5ccccc54)[C@@H]3C2=O)cc1. The molecule has 0 aromatic heterocycles. The molecule has 0 saturated carbocycles. The Morgan fingerprint density at radius 2 is 1.35 bits per heavy atom. The van der Waals surface area contributed by atoms with Crippen molar-refractivity contribution < 1.29 is 23.9 Å². The quantitative estimate of drug-likeness (QED) is 0.193. The Morgan fingerprint density at radius 1 is 0.837 bits per heavy atom. The predicted octanol–water partition coefficient (Wildman–Crippen LogP) is 6.60. The van der Waals surface area contributed by atoms with E-state index >= 15 is 0 Å². The molecule has 9 heteroatoms. The fourth-order valence-electron chi connectivity index (χ4n) is 6.86. The third kappa shape index (κ3) is 4.39. The summed E-state index contributed by atoms with van der Waals surface area (Å²) in [4.78, 5) is 54.2. The number of rotatable bonds is 5. The van der Waals surface area contributed by atoms with Crippen molar-refractivity contribution in [1.82, 2.24) is 0 Å². The minimum absolute atomic E-state index is 0.191. The number of halogens is 2. The van der Waals surface area contributed by atoms with E-state index in [0.29, 0.717) is 20.9 Å². The maximum Gasteiger partial charge on any atom is 0.338 e. The van der Waals surface area contributed by atoms with Gasteiger partial charge in [0, 0.05) is 22.0 Å². The van der Waals surface area contributed by atoms with Crippen LogP contribution in [0.25, 0.3) is 0 Å². The molecule has 7 nitrogen and oxygen atoms in total. The molecule has 1 saturated heterocycles. The molecule has 43 heavy (non-hydrogen) atoms. The van der Waals surface area contributed by atoms with Crippen LogP contribution in [0.4, 0.5) is 11.4 Å². The number of carbonyl (C=O) groups excluding carboxylic acids is 4. The Balaban J connectivity index is 1.08. The highest BCUT2D eigenvalue weighted by atomic mass is 79.9. The molecule has 214 valence electrons. The number of anilines is 2. The van der Waals surface area contributed by atoms with Crippen LogP contribution in [0.3, 0.4) is 0 Å². The molecule has 2 bridgehead atoms. The van der Waals surface area contributed by atoms with Crippen LogP contribution in [-0.2, 0) is 19.1 Å². The average molecular weight is 656 g/mol. The second-order valence-corrected chi connectivity index (χ2v) is 12.3. The highest BCUT2D eigenvalue weighted by Gasteiger charge is 2.61. The van der Waals surface area contributed by atoms with E-state index in [1.165, 1.54) is 17.0 Å². The number of hydrogen-bond acceptors (Lipinski definition) is 5. The summed E-state index contributed by atoms with van der Waals surface area (Å²) in [7, 11) is 0. The number of benzene rings is 4. The molecule has 0 radical (unpaired) electrons. The number of aryl methyl sites for hydroxylation is 1. The van der Waals surface area contributed by atoms with Crippen LogP contribution in [0.2, 0.25) is 5.02 Å². The summed E-state index contributed by atoms with van der Waals surface area (Å²) in [6.45, 7) is 1.32. The first-order valence-electron chi connectivity index (χ1n) is 13.8. The number of nitrogens with zero attached hydrogens (tertiary/aromatic N) is 1. The molecule has 3 amide bonds. The van der Waals surface area contributed by atoms with E-state index in [1.807, 2.05) is 31.2 Å². The lowest BCUT2D eigenvalue weighted by atomic mass is 9.55. The Labute approximate surface area is 260 Å². The van der Waals surface area contributed by atoms with Gasteiger partial charge in [0.25, 0.3) is 5.91 Å². The lowest BCUT2D eigenvalue weighted by molar-refractivity contribution is -0.122. The Kier molecular flexibility index (Phi) is 6.71. The molecule has 4 aromatic rings. The predicted molar refractivity (Wildman–Crippen MR) is 165 cm³/mol. The van der Waals surface area contributed by atoms with Crippen LogP contribution in [0.15, 0.2) is 89.4 Å². The zero-order valence-electron chi connectivity index (χ0n) is 22.8. The molecule has 8 rings (SSSR count). The van der Waals surface area contributed by atoms with Gasteiger partial charge in [-0.1, -0.05) is 60.1 Å². The summed E-state index contributed by atoms with van der Waals surface area (Å²) in [5, 5.41) is 3.13. The largest absolute Gasteiger partial charge is 0.452 e. The van der Waals surface area contributed by atoms with Gasteiger partial charge in [-0.15, -0.1) is 0 Å². The third-order valence-electron chi connectivity index (χ3n) is 8.69. The van der Waals surface area contributed by atoms with Gasteiger partial charge in [0.1, 0.15) is 0 Å². The normalized spacial score (nSPS) is 21.2. The van der Waals surface area contributed by atoms with Crippen molar-refractivity contribution in [3.8, 4) is 0 Å². The van der Waals surface area contributed by atoms with Crippen molar-refractivity contribution in [1.29, 1.82) is 0 Å². The van der Waals surface area contributed by atoms with Crippen LogP contribution in [0.5, 0.6) is 0 Å². The van der Waals surface area contributed by atoms with Crippen molar-refractivity contribution in [2.24, 2.45) is 11.8 Å². The molecular formula is C34H24BrClN2O5. The molecule has 1 heterocycles. The number of nitrogens with one attached hydrogen (secondary N) is 1. The Morgan fingerprint density at radius 3 is 1.86 bits per heavy atom. The molecule has 3 aliphatic carbocycles. The number of esters is 1. The number of carbonyl (C=O) groups is 4. The average Bonchev–Trinajstić information content (AvgIpc) is 3.28. The molecule has 1 aliphatic heterocycles. The number of imide groups is 1. The van der Waals surface area contributed by atoms with Gasteiger partial charge in [-0.2, -0.15) is 0 Å². The first-order valence-corrected chi connectivity index (χ1v) is 15.0. The lowest BCUT2D eigenvalue weighted by Gasteiger charge is -2.45. The summed E-state index contributed by atoms with van der Waals surface area (Å²) in [5.74, 6) is -3.05. The van der Waals surface area contributed by atoms with Crippen molar-refractivity contribution in [3.05, 3.63) is 128 Å². The zero-order valence-corrected chi connectivity index (χ0v) is 25.2. The lowest BCUT2D eigenvalue weighted by Crippen LogP contribution is -2.41. The Bertz CT molecular complexity index is 1740. The van der Waals surface area contributed by atoms with E-state index in [2.05, 4.69) is 45.5 Å². The fourth-order valence-corrected chi connectivity index (χ4v) is 7.48.